The lowest BCUT2D eigenvalue weighted by Crippen LogP contribution is -2.48. The molecule has 1 aliphatic carbocycles. The smallest absolute Gasteiger partial charge is 0.248 e. The number of piperidine rings is 1. The van der Waals surface area contributed by atoms with Gasteiger partial charge in [-0.15, -0.1) is 0 Å². The van der Waals surface area contributed by atoms with Crippen LogP contribution in [-0.2, 0) is 19.9 Å². The summed E-state index contributed by atoms with van der Waals surface area (Å²) in [6.45, 7) is 0.929. The first-order valence-corrected chi connectivity index (χ1v) is 8.49. The highest BCUT2D eigenvalue weighted by atomic mass is 19.1. The number of likely N-dealkylation sites (tertiary alicyclic amines) is 1. The van der Waals surface area contributed by atoms with Crippen molar-refractivity contribution >= 4 is 11.8 Å². The maximum atomic E-state index is 14.1. The van der Waals surface area contributed by atoms with Crippen molar-refractivity contribution in [1.29, 1.82) is 0 Å². The molecule has 2 amide bonds. The molecule has 1 unspecified atom stereocenters. The van der Waals surface area contributed by atoms with Crippen molar-refractivity contribution in [2.45, 2.75) is 31.2 Å². The monoisotopic (exact) mass is 352 g/mol. The van der Waals surface area contributed by atoms with Gasteiger partial charge < -0.3 is 15.0 Å². The number of methoxy groups -OCH3 is 1. The van der Waals surface area contributed by atoms with E-state index >= 15 is 0 Å². The number of hydrogen-bond donors (Lipinski definition) is 1. The number of benzene rings is 1. The first kappa shape index (κ1) is 17.8. The minimum absolute atomic E-state index is 0.00716. The van der Waals surface area contributed by atoms with Gasteiger partial charge in [0.1, 0.15) is 18.2 Å². The lowest BCUT2D eigenvalue weighted by atomic mass is 9.95. The second-order valence-corrected chi connectivity index (χ2v) is 6.81. The number of halogens is 2. The van der Waals surface area contributed by atoms with Crippen LogP contribution in [0.5, 0.6) is 0 Å². The maximum absolute atomic E-state index is 14.1. The van der Waals surface area contributed by atoms with E-state index in [1.165, 1.54) is 7.11 Å². The van der Waals surface area contributed by atoms with E-state index in [1.807, 2.05) is 0 Å². The molecule has 1 aliphatic heterocycles. The normalized spacial score (nSPS) is 21.7. The number of ether oxygens (including phenoxy) is 1. The zero-order chi connectivity index (χ0) is 18.0. The van der Waals surface area contributed by atoms with Crippen molar-refractivity contribution in [3.8, 4) is 0 Å². The van der Waals surface area contributed by atoms with Crippen LogP contribution in [0.2, 0.25) is 0 Å². The predicted octanol–water partition coefficient (Wildman–Crippen LogP) is 1.96. The number of carbonyl (C=O) groups excluding carboxylic acids is 2. The number of hydrogen-bond acceptors (Lipinski definition) is 3. The van der Waals surface area contributed by atoms with Crippen LogP contribution < -0.4 is 5.32 Å². The van der Waals surface area contributed by atoms with Gasteiger partial charge in [-0.25, -0.2) is 8.78 Å². The molecule has 0 spiro atoms. The standard InChI is InChI=1S/C18H22F2N2O3/c1-25-11-16(23)22-8-2-3-12(10-22)17(24)21-18(6-7-18)14-9-13(19)4-5-15(14)20/h4-5,9,12H,2-3,6-8,10-11H2,1H3,(H,21,24). The van der Waals surface area contributed by atoms with Crippen LogP contribution >= 0.6 is 0 Å². The highest BCUT2D eigenvalue weighted by Gasteiger charge is 2.48. The summed E-state index contributed by atoms with van der Waals surface area (Å²) in [6.07, 6.45) is 2.56. The number of rotatable bonds is 5. The third kappa shape index (κ3) is 3.81. The van der Waals surface area contributed by atoms with Gasteiger partial charge in [-0.1, -0.05) is 0 Å². The van der Waals surface area contributed by atoms with E-state index in [9.17, 15) is 18.4 Å². The average molecular weight is 352 g/mol. The second kappa shape index (κ2) is 7.07. The Hall–Kier alpha value is -2.02. The lowest BCUT2D eigenvalue weighted by molar-refractivity contribution is -0.139. The molecule has 25 heavy (non-hydrogen) atoms. The van der Waals surface area contributed by atoms with Gasteiger partial charge in [-0.3, -0.25) is 9.59 Å². The Kier molecular flexibility index (Phi) is 5.03. The molecule has 5 nitrogen and oxygen atoms in total. The van der Waals surface area contributed by atoms with Gasteiger partial charge in [0.15, 0.2) is 0 Å². The van der Waals surface area contributed by atoms with Crippen LogP contribution in [0, 0.1) is 17.6 Å². The summed E-state index contributed by atoms with van der Waals surface area (Å²) < 4.78 is 32.4. The molecule has 1 N–H and O–H groups in total. The Morgan fingerprint density at radius 2 is 2.12 bits per heavy atom. The number of amides is 2. The van der Waals surface area contributed by atoms with Crippen LogP contribution in [0.25, 0.3) is 0 Å². The maximum Gasteiger partial charge on any atom is 0.248 e. The fourth-order valence-electron chi connectivity index (χ4n) is 3.42. The molecule has 1 aromatic rings. The van der Waals surface area contributed by atoms with Gasteiger partial charge in [0.25, 0.3) is 0 Å². The minimum atomic E-state index is -0.817. The van der Waals surface area contributed by atoms with Crippen LogP contribution in [0.1, 0.15) is 31.2 Å². The Morgan fingerprint density at radius 3 is 2.80 bits per heavy atom. The molecule has 136 valence electrons. The molecule has 0 bridgehead atoms. The fourth-order valence-corrected chi connectivity index (χ4v) is 3.42. The summed E-state index contributed by atoms with van der Waals surface area (Å²) >= 11 is 0. The quantitative estimate of drug-likeness (QED) is 0.881. The van der Waals surface area contributed by atoms with Crippen LogP contribution in [-0.4, -0.2) is 43.5 Å². The van der Waals surface area contributed by atoms with E-state index < -0.39 is 17.2 Å². The summed E-state index contributed by atoms with van der Waals surface area (Å²) in [7, 11) is 1.45. The molecule has 1 saturated carbocycles. The molecule has 1 heterocycles. The summed E-state index contributed by atoms with van der Waals surface area (Å²) in [5.41, 5.74) is -0.619. The Bertz CT molecular complexity index is 676. The van der Waals surface area contributed by atoms with E-state index in [4.69, 9.17) is 4.74 Å². The molecule has 2 fully saturated rings. The van der Waals surface area contributed by atoms with Crippen molar-refractivity contribution in [3.63, 3.8) is 0 Å². The number of nitrogens with one attached hydrogen (secondary N) is 1. The predicted molar refractivity (Wildman–Crippen MR) is 86.6 cm³/mol. The average Bonchev–Trinajstić information content (AvgIpc) is 3.38. The Morgan fingerprint density at radius 1 is 1.36 bits per heavy atom. The van der Waals surface area contributed by atoms with Crippen molar-refractivity contribution in [2.75, 3.05) is 26.8 Å². The van der Waals surface area contributed by atoms with Gasteiger partial charge >= 0.3 is 0 Å². The summed E-state index contributed by atoms with van der Waals surface area (Å²) in [6, 6.07) is 3.30. The molecule has 0 aromatic heterocycles. The molecule has 3 rings (SSSR count). The van der Waals surface area contributed by atoms with Gasteiger partial charge in [-0.05, 0) is 43.9 Å². The number of nitrogens with zero attached hydrogens (tertiary/aromatic N) is 1. The van der Waals surface area contributed by atoms with Gasteiger partial charge in [-0.2, -0.15) is 0 Å². The summed E-state index contributed by atoms with van der Waals surface area (Å²) in [4.78, 5) is 26.2. The molecule has 0 radical (unpaired) electrons. The van der Waals surface area contributed by atoms with Crippen LogP contribution in [0.15, 0.2) is 18.2 Å². The second-order valence-electron chi connectivity index (χ2n) is 6.81. The van der Waals surface area contributed by atoms with E-state index in [0.29, 0.717) is 32.4 Å². The van der Waals surface area contributed by atoms with Gasteiger partial charge in [0.05, 0.1) is 11.5 Å². The molecule has 1 aromatic carbocycles. The fraction of sp³-hybridized carbons (Fsp3) is 0.556. The van der Waals surface area contributed by atoms with Crippen LogP contribution in [0.4, 0.5) is 8.78 Å². The Balaban J connectivity index is 1.67. The number of carbonyl (C=O) groups is 2. The molecular formula is C18H22F2N2O3. The largest absolute Gasteiger partial charge is 0.375 e. The first-order valence-electron chi connectivity index (χ1n) is 8.49. The van der Waals surface area contributed by atoms with Crippen molar-refractivity contribution < 1.29 is 23.1 Å². The van der Waals surface area contributed by atoms with Crippen molar-refractivity contribution in [1.82, 2.24) is 10.2 Å². The third-order valence-corrected chi connectivity index (χ3v) is 4.97. The molecular weight excluding hydrogens is 330 g/mol. The molecule has 7 heteroatoms. The minimum Gasteiger partial charge on any atom is -0.375 e. The highest BCUT2D eigenvalue weighted by Crippen LogP contribution is 2.47. The summed E-state index contributed by atoms with van der Waals surface area (Å²) in [5, 5.41) is 2.90. The molecule has 1 saturated heterocycles. The summed E-state index contributed by atoms with van der Waals surface area (Å²) in [5.74, 6) is -1.73. The first-order chi connectivity index (χ1) is 11.9. The zero-order valence-electron chi connectivity index (χ0n) is 14.2. The Labute approximate surface area is 145 Å². The third-order valence-electron chi connectivity index (χ3n) is 4.97. The highest BCUT2D eigenvalue weighted by molar-refractivity contribution is 5.82. The topological polar surface area (TPSA) is 58.6 Å². The van der Waals surface area contributed by atoms with Gasteiger partial charge in [0, 0.05) is 25.8 Å². The molecule has 2 aliphatic rings. The zero-order valence-corrected chi connectivity index (χ0v) is 14.2. The van der Waals surface area contributed by atoms with Crippen molar-refractivity contribution in [2.24, 2.45) is 5.92 Å². The van der Waals surface area contributed by atoms with Crippen molar-refractivity contribution in [3.05, 3.63) is 35.4 Å². The SMILES string of the molecule is COCC(=O)N1CCCC(C(=O)NC2(c3cc(F)ccc3F)CC2)C1. The van der Waals surface area contributed by atoms with E-state index in [-0.39, 0.29) is 29.9 Å². The van der Waals surface area contributed by atoms with E-state index in [0.717, 1.165) is 24.6 Å². The lowest BCUT2D eigenvalue weighted by Gasteiger charge is -2.33. The van der Waals surface area contributed by atoms with Gasteiger partial charge in [0.2, 0.25) is 11.8 Å². The van der Waals surface area contributed by atoms with Crippen LogP contribution in [0.3, 0.4) is 0 Å². The van der Waals surface area contributed by atoms with E-state index in [1.54, 1.807) is 4.90 Å². The van der Waals surface area contributed by atoms with E-state index in [2.05, 4.69) is 5.32 Å². The molecule has 1 atom stereocenters.